The Kier molecular flexibility index (Phi) is 1.91. The SMILES string of the molecule is Cc1c(Br)n(C)c2cccc(F)c12. The van der Waals surface area contributed by atoms with E-state index in [9.17, 15) is 4.39 Å². The fourth-order valence-corrected chi connectivity index (χ4v) is 2.01. The largest absolute Gasteiger partial charge is 0.338 e. The van der Waals surface area contributed by atoms with Gasteiger partial charge in [0.25, 0.3) is 0 Å². The van der Waals surface area contributed by atoms with Gasteiger partial charge in [0.05, 0.1) is 10.1 Å². The number of rotatable bonds is 0. The Bertz CT molecular complexity index is 473. The summed E-state index contributed by atoms with van der Waals surface area (Å²) in [6, 6.07) is 5.13. The number of aromatic nitrogens is 1. The van der Waals surface area contributed by atoms with E-state index in [1.165, 1.54) is 6.07 Å². The molecule has 0 spiro atoms. The lowest BCUT2D eigenvalue weighted by molar-refractivity contribution is 0.639. The van der Waals surface area contributed by atoms with E-state index in [1.807, 2.05) is 24.6 Å². The van der Waals surface area contributed by atoms with E-state index in [0.29, 0.717) is 5.39 Å². The number of fused-ring (bicyclic) bond motifs is 1. The van der Waals surface area contributed by atoms with Gasteiger partial charge in [0, 0.05) is 12.4 Å². The summed E-state index contributed by atoms with van der Waals surface area (Å²) in [5, 5.41) is 0.705. The molecule has 0 amide bonds. The van der Waals surface area contributed by atoms with Crippen LogP contribution in [0.3, 0.4) is 0 Å². The van der Waals surface area contributed by atoms with E-state index < -0.39 is 0 Å². The molecule has 0 unspecified atom stereocenters. The van der Waals surface area contributed by atoms with E-state index in [2.05, 4.69) is 15.9 Å². The molecule has 2 rings (SSSR count). The molecule has 0 aliphatic heterocycles. The lowest BCUT2D eigenvalue weighted by atomic mass is 10.2. The number of halogens is 2. The molecule has 0 bridgehead atoms. The zero-order valence-corrected chi connectivity index (χ0v) is 9.02. The summed E-state index contributed by atoms with van der Waals surface area (Å²) in [5.74, 6) is -0.156. The first-order valence-corrected chi connectivity index (χ1v) is 4.81. The van der Waals surface area contributed by atoms with Crippen molar-refractivity contribution in [3.05, 3.63) is 34.2 Å². The second kappa shape index (κ2) is 2.84. The predicted molar refractivity (Wildman–Crippen MR) is 55.3 cm³/mol. The van der Waals surface area contributed by atoms with Gasteiger partial charge in [-0.3, -0.25) is 0 Å². The molecule has 0 aliphatic carbocycles. The molecule has 1 heterocycles. The molecular formula is C10H9BrFN. The smallest absolute Gasteiger partial charge is 0.132 e. The van der Waals surface area contributed by atoms with Gasteiger partial charge in [-0.25, -0.2) is 4.39 Å². The first kappa shape index (κ1) is 8.75. The molecule has 0 saturated carbocycles. The minimum Gasteiger partial charge on any atom is -0.338 e. The molecule has 0 aliphatic rings. The lowest BCUT2D eigenvalue weighted by Crippen LogP contribution is -1.86. The van der Waals surface area contributed by atoms with Gasteiger partial charge in [-0.15, -0.1) is 0 Å². The van der Waals surface area contributed by atoms with E-state index in [1.54, 1.807) is 6.07 Å². The average Bonchev–Trinajstić information content (AvgIpc) is 2.33. The molecule has 2 aromatic rings. The van der Waals surface area contributed by atoms with Crippen LogP contribution < -0.4 is 0 Å². The highest BCUT2D eigenvalue weighted by molar-refractivity contribution is 9.10. The van der Waals surface area contributed by atoms with Crippen molar-refractivity contribution in [2.24, 2.45) is 7.05 Å². The van der Waals surface area contributed by atoms with Gasteiger partial charge in [0.1, 0.15) is 5.82 Å². The topological polar surface area (TPSA) is 4.93 Å². The summed E-state index contributed by atoms with van der Waals surface area (Å²) < 4.78 is 16.3. The highest BCUT2D eigenvalue weighted by Crippen LogP contribution is 2.30. The van der Waals surface area contributed by atoms with Gasteiger partial charge < -0.3 is 4.57 Å². The third-order valence-electron chi connectivity index (χ3n) is 2.33. The van der Waals surface area contributed by atoms with Crippen molar-refractivity contribution >= 4 is 26.8 Å². The first-order chi connectivity index (χ1) is 6.13. The molecule has 1 aromatic carbocycles. The maximum Gasteiger partial charge on any atom is 0.132 e. The number of hydrogen-bond donors (Lipinski definition) is 0. The highest BCUT2D eigenvalue weighted by atomic mass is 79.9. The highest BCUT2D eigenvalue weighted by Gasteiger charge is 2.11. The fourth-order valence-electron chi connectivity index (χ4n) is 1.62. The molecule has 0 N–H and O–H groups in total. The third kappa shape index (κ3) is 1.10. The van der Waals surface area contributed by atoms with E-state index in [0.717, 1.165) is 15.7 Å². The summed E-state index contributed by atoms with van der Waals surface area (Å²) in [6.07, 6.45) is 0. The second-order valence-electron chi connectivity index (χ2n) is 3.11. The van der Waals surface area contributed by atoms with Gasteiger partial charge >= 0.3 is 0 Å². The number of nitrogens with zero attached hydrogens (tertiary/aromatic N) is 1. The average molecular weight is 242 g/mol. The molecule has 13 heavy (non-hydrogen) atoms. The van der Waals surface area contributed by atoms with Crippen LogP contribution >= 0.6 is 15.9 Å². The van der Waals surface area contributed by atoms with Crippen molar-refractivity contribution in [1.29, 1.82) is 0 Å². The van der Waals surface area contributed by atoms with Crippen molar-refractivity contribution < 1.29 is 4.39 Å². The number of aryl methyl sites for hydroxylation is 2. The zero-order chi connectivity index (χ0) is 9.59. The summed E-state index contributed by atoms with van der Waals surface area (Å²) in [6.45, 7) is 1.91. The quantitative estimate of drug-likeness (QED) is 0.667. The maximum atomic E-state index is 13.4. The molecule has 3 heteroatoms. The maximum absolute atomic E-state index is 13.4. The Morgan fingerprint density at radius 3 is 2.69 bits per heavy atom. The Hall–Kier alpha value is -0.830. The van der Waals surface area contributed by atoms with Gasteiger partial charge in [0.15, 0.2) is 0 Å². The van der Waals surface area contributed by atoms with E-state index >= 15 is 0 Å². The van der Waals surface area contributed by atoms with E-state index in [4.69, 9.17) is 0 Å². The number of benzene rings is 1. The van der Waals surface area contributed by atoms with Crippen LogP contribution in [-0.4, -0.2) is 4.57 Å². The minimum atomic E-state index is -0.156. The summed E-state index contributed by atoms with van der Waals surface area (Å²) in [5.41, 5.74) is 1.87. The molecule has 0 atom stereocenters. The van der Waals surface area contributed by atoms with Crippen molar-refractivity contribution in [1.82, 2.24) is 4.57 Å². The lowest BCUT2D eigenvalue weighted by Gasteiger charge is -1.96. The van der Waals surface area contributed by atoms with Gasteiger partial charge in [-0.1, -0.05) is 6.07 Å². The van der Waals surface area contributed by atoms with Crippen LogP contribution in [0.15, 0.2) is 22.8 Å². The van der Waals surface area contributed by atoms with Crippen molar-refractivity contribution in [2.75, 3.05) is 0 Å². The Morgan fingerprint density at radius 2 is 2.08 bits per heavy atom. The fraction of sp³-hybridized carbons (Fsp3) is 0.200. The first-order valence-electron chi connectivity index (χ1n) is 4.02. The Balaban J connectivity index is 3.03. The molecule has 0 radical (unpaired) electrons. The molecule has 0 fully saturated rings. The van der Waals surface area contributed by atoms with Crippen LogP contribution in [0.4, 0.5) is 4.39 Å². The van der Waals surface area contributed by atoms with Crippen LogP contribution in [0.2, 0.25) is 0 Å². The predicted octanol–water partition coefficient (Wildman–Crippen LogP) is 3.39. The normalized spacial score (nSPS) is 11.1. The zero-order valence-electron chi connectivity index (χ0n) is 7.44. The molecule has 1 nitrogen and oxygen atoms in total. The monoisotopic (exact) mass is 241 g/mol. The summed E-state index contributed by atoms with van der Waals surface area (Å²) >= 11 is 3.42. The summed E-state index contributed by atoms with van der Waals surface area (Å²) in [4.78, 5) is 0. The van der Waals surface area contributed by atoms with Crippen molar-refractivity contribution in [3.8, 4) is 0 Å². The molecule has 0 saturated heterocycles. The van der Waals surface area contributed by atoms with Crippen LogP contribution in [0.1, 0.15) is 5.56 Å². The van der Waals surface area contributed by atoms with Crippen LogP contribution in [0.5, 0.6) is 0 Å². The van der Waals surface area contributed by atoms with Crippen LogP contribution in [-0.2, 0) is 7.05 Å². The Morgan fingerprint density at radius 1 is 1.38 bits per heavy atom. The molecule has 1 aromatic heterocycles. The van der Waals surface area contributed by atoms with Gasteiger partial charge in [-0.05, 0) is 40.5 Å². The third-order valence-corrected chi connectivity index (χ3v) is 3.46. The van der Waals surface area contributed by atoms with Crippen LogP contribution in [0.25, 0.3) is 10.9 Å². The standard InChI is InChI=1S/C10H9BrFN/c1-6-9-7(12)4-3-5-8(9)13(2)10(6)11/h3-5H,1-2H3. The van der Waals surface area contributed by atoms with Crippen molar-refractivity contribution in [3.63, 3.8) is 0 Å². The minimum absolute atomic E-state index is 0.156. The second-order valence-corrected chi connectivity index (χ2v) is 3.86. The molecular weight excluding hydrogens is 233 g/mol. The van der Waals surface area contributed by atoms with Gasteiger partial charge in [-0.2, -0.15) is 0 Å². The van der Waals surface area contributed by atoms with E-state index in [-0.39, 0.29) is 5.82 Å². The van der Waals surface area contributed by atoms with Gasteiger partial charge in [0.2, 0.25) is 0 Å². The summed E-state index contributed by atoms with van der Waals surface area (Å²) in [7, 11) is 1.92. The Labute approximate surface area is 84.3 Å². The number of hydrogen-bond acceptors (Lipinski definition) is 0. The van der Waals surface area contributed by atoms with Crippen LogP contribution in [0, 0.1) is 12.7 Å². The molecule has 68 valence electrons. The van der Waals surface area contributed by atoms with Crippen molar-refractivity contribution in [2.45, 2.75) is 6.92 Å².